The van der Waals surface area contributed by atoms with Crippen LogP contribution in [0.4, 0.5) is 0 Å². The van der Waals surface area contributed by atoms with Crippen molar-refractivity contribution in [2.24, 2.45) is 4.99 Å². The van der Waals surface area contributed by atoms with Crippen LogP contribution in [-0.4, -0.2) is 45.4 Å². The number of aliphatic imine (C=N–C) groups is 1. The maximum absolute atomic E-state index is 6.14. The third kappa shape index (κ3) is 7.80. The number of rotatable bonds is 9. The van der Waals surface area contributed by atoms with Gasteiger partial charge in [0, 0.05) is 32.8 Å². The summed E-state index contributed by atoms with van der Waals surface area (Å²) in [6, 6.07) is 8.90. The van der Waals surface area contributed by atoms with Crippen molar-refractivity contribution < 1.29 is 9.47 Å². The fraction of sp³-hybridized carbons (Fsp3) is 0.650. The second kappa shape index (κ2) is 13.3. The Morgan fingerprint density at radius 3 is 2.92 bits per heavy atom. The van der Waals surface area contributed by atoms with Crippen LogP contribution in [0.15, 0.2) is 29.3 Å². The zero-order valence-corrected chi connectivity index (χ0v) is 18.6. The number of hydrogen-bond donors (Lipinski definition) is 2. The van der Waals surface area contributed by atoms with E-state index < -0.39 is 0 Å². The zero-order valence-electron chi connectivity index (χ0n) is 16.3. The molecule has 1 aliphatic carbocycles. The molecule has 5 nitrogen and oxygen atoms in total. The van der Waals surface area contributed by atoms with E-state index in [1.807, 2.05) is 0 Å². The molecule has 0 radical (unpaired) electrons. The summed E-state index contributed by atoms with van der Waals surface area (Å²) in [4.78, 5) is 4.62. The number of nitrogens with one attached hydrogen (secondary N) is 2. The number of methoxy groups -OCH3 is 1. The van der Waals surface area contributed by atoms with E-state index in [2.05, 4.69) is 53.7 Å². The topological polar surface area (TPSA) is 54.9 Å². The molecule has 1 aliphatic rings. The largest absolute Gasteiger partial charge is 0.383 e. The van der Waals surface area contributed by atoms with Crippen LogP contribution in [-0.2, 0) is 15.9 Å². The van der Waals surface area contributed by atoms with Gasteiger partial charge >= 0.3 is 0 Å². The Morgan fingerprint density at radius 2 is 2.15 bits per heavy atom. The van der Waals surface area contributed by atoms with Crippen LogP contribution >= 0.6 is 24.0 Å². The molecule has 0 saturated carbocycles. The first-order valence-corrected chi connectivity index (χ1v) is 9.47. The van der Waals surface area contributed by atoms with Gasteiger partial charge in [-0.3, -0.25) is 4.99 Å². The molecule has 148 valence electrons. The van der Waals surface area contributed by atoms with Crippen molar-refractivity contribution in [1.82, 2.24) is 10.6 Å². The maximum atomic E-state index is 6.14. The van der Waals surface area contributed by atoms with Gasteiger partial charge in [-0.2, -0.15) is 0 Å². The van der Waals surface area contributed by atoms with E-state index in [0.29, 0.717) is 6.61 Å². The highest BCUT2D eigenvalue weighted by Crippen LogP contribution is 2.32. The second-order valence-electron chi connectivity index (χ2n) is 6.57. The molecule has 0 bridgehead atoms. The fourth-order valence-electron chi connectivity index (χ4n) is 3.21. The number of nitrogens with zero attached hydrogens (tertiary/aromatic N) is 1. The van der Waals surface area contributed by atoms with Gasteiger partial charge in [0.2, 0.25) is 0 Å². The lowest BCUT2D eigenvalue weighted by Crippen LogP contribution is -2.44. The molecule has 0 heterocycles. The zero-order chi connectivity index (χ0) is 17.9. The Balaban J connectivity index is 0.00000338. The van der Waals surface area contributed by atoms with Crippen LogP contribution in [0.25, 0.3) is 0 Å². The molecule has 0 aliphatic heterocycles. The highest BCUT2D eigenvalue weighted by Gasteiger charge is 2.19. The lowest BCUT2D eigenvalue weighted by molar-refractivity contribution is 0.0402. The van der Waals surface area contributed by atoms with E-state index in [9.17, 15) is 0 Å². The van der Waals surface area contributed by atoms with Crippen LogP contribution in [0.1, 0.15) is 50.3 Å². The van der Waals surface area contributed by atoms with E-state index in [0.717, 1.165) is 38.5 Å². The van der Waals surface area contributed by atoms with Gasteiger partial charge in [-0.1, -0.05) is 24.3 Å². The molecule has 1 aromatic carbocycles. The monoisotopic (exact) mass is 475 g/mol. The molecule has 0 amide bonds. The Bertz CT molecular complexity index is 540. The van der Waals surface area contributed by atoms with E-state index >= 15 is 0 Å². The van der Waals surface area contributed by atoms with E-state index in [1.165, 1.54) is 24.0 Å². The summed E-state index contributed by atoms with van der Waals surface area (Å²) in [5.41, 5.74) is 2.82. The quantitative estimate of drug-likeness (QED) is 0.248. The van der Waals surface area contributed by atoms with E-state index in [4.69, 9.17) is 9.47 Å². The number of hydrogen-bond acceptors (Lipinski definition) is 3. The first kappa shape index (κ1) is 23.2. The third-order valence-corrected chi connectivity index (χ3v) is 4.35. The smallest absolute Gasteiger partial charge is 0.191 e. The molecule has 0 saturated heterocycles. The molecule has 6 heteroatoms. The molecule has 2 atom stereocenters. The summed E-state index contributed by atoms with van der Waals surface area (Å²) in [6.07, 6.45) is 4.69. The fourth-order valence-corrected chi connectivity index (χ4v) is 3.21. The summed E-state index contributed by atoms with van der Waals surface area (Å²) < 4.78 is 11.3. The van der Waals surface area contributed by atoms with E-state index in [-0.39, 0.29) is 36.1 Å². The molecule has 2 N–H and O–H groups in total. The second-order valence-corrected chi connectivity index (χ2v) is 6.57. The average molecular weight is 475 g/mol. The van der Waals surface area contributed by atoms with Gasteiger partial charge in [-0.15, -0.1) is 24.0 Å². The molecule has 0 aromatic heterocycles. The molecule has 0 fully saturated rings. The Labute approximate surface area is 175 Å². The summed E-state index contributed by atoms with van der Waals surface area (Å²) in [5, 5.41) is 6.61. The van der Waals surface area contributed by atoms with Crippen molar-refractivity contribution in [2.75, 3.05) is 33.4 Å². The Hall–Kier alpha value is -0.860. The lowest BCUT2D eigenvalue weighted by atomic mass is 9.89. The van der Waals surface area contributed by atoms with Crippen molar-refractivity contribution in [3.8, 4) is 0 Å². The summed E-state index contributed by atoms with van der Waals surface area (Å²) in [5.74, 6) is 0.843. The number of guanidine groups is 1. The van der Waals surface area contributed by atoms with Gasteiger partial charge in [0.15, 0.2) is 5.96 Å². The predicted molar refractivity (Wildman–Crippen MR) is 119 cm³/mol. The number of halogens is 1. The minimum absolute atomic E-state index is 0. The molecule has 0 spiro atoms. The maximum Gasteiger partial charge on any atom is 0.191 e. The highest BCUT2D eigenvalue weighted by atomic mass is 127. The van der Waals surface area contributed by atoms with Crippen LogP contribution in [0, 0.1) is 0 Å². The van der Waals surface area contributed by atoms with Crippen molar-refractivity contribution in [3.63, 3.8) is 0 Å². The van der Waals surface area contributed by atoms with Gasteiger partial charge < -0.3 is 20.1 Å². The average Bonchev–Trinajstić information content (AvgIpc) is 2.62. The van der Waals surface area contributed by atoms with Crippen LogP contribution in [0.5, 0.6) is 0 Å². The normalized spacial score (nSPS) is 17.8. The first-order chi connectivity index (χ1) is 12.2. The van der Waals surface area contributed by atoms with Gasteiger partial charge in [0.05, 0.1) is 12.7 Å². The number of fused-ring (bicyclic) bond motifs is 1. The van der Waals surface area contributed by atoms with Crippen molar-refractivity contribution in [3.05, 3.63) is 35.4 Å². The van der Waals surface area contributed by atoms with E-state index in [1.54, 1.807) is 7.11 Å². The van der Waals surface area contributed by atoms with Gasteiger partial charge in [-0.05, 0) is 50.7 Å². The minimum atomic E-state index is 0. The standard InChI is InChI=1S/C20H33N3O2.HI/c1-4-21-20(23-16(2)15-24-3)22-13-8-14-25-19-12-7-10-17-9-5-6-11-18(17)19;/h5-6,9,11,16,19H,4,7-8,10,12-15H2,1-3H3,(H2,21,22,23);1H. The highest BCUT2D eigenvalue weighted by molar-refractivity contribution is 14.0. The molecule has 1 aromatic rings. The Kier molecular flexibility index (Phi) is 11.9. The minimum Gasteiger partial charge on any atom is -0.383 e. The summed E-state index contributed by atoms with van der Waals surface area (Å²) in [6.45, 7) is 7.16. The number of aryl methyl sites for hydroxylation is 1. The van der Waals surface area contributed by atoms with Gasteiger partial charge in [-0.25, -0.2) is 0 Å². The molecule has 2 rings (SSSR count). The van der Waals surface area contributed by atoms with Gasteiger partial charge in [0.1, 0.15) is 0 Å². The summed E-state index contributed by atoms with van der Waals surface area (Å²) >= 11 is 0. The SMILES string of the molecule is CCNC(=NCCCOC1CCCc2ccccc21)NC(C)COC.I. The van der Waals surface area contributed by atoms with Crippen LogP contribution in [0.2, 0.25) is 0 Å². The molecule has 2 unspecified atom stereocenters. The summed E-state index contributed by atoms with van der Waals surface area (Å²) in [7, 11) is 1.71. The molecule has 26 heavy (non-hydrogen) atoms. The van der Waals surface area contributed by atoms with Crippen molar-refractivity contribution in [1.29, 1.82) is 0 Å². The Morgan fingerprint density at radius 1 is 1.35 bits per heavy atom. The van der Waals surface area contributed by atoms with Crippen molar-refractivity contribution in [2.45, 2.75) is 51.7 Å². The molecular weight excluding hydrogens is 441 g/mol. The molecular formula is C20H34IN3O2. The van der Waals surface area contributed by atoms with Gasteiger partial charge in [0.25, 0.3) is 0 Å². The van der Waals surface area contributed by atoms with Crippen LogP contribution in [0.3, 0.4) is 0 Å². The van der Waals surface area contributed by atoms with Crippen LogP contribution < -0.4 is 10.6 Å². The van der Waals surface area contributed by atoms with Crippen molar-refractivity contribution >= 4 is 29.9 Å². The number of benzene rings is 1. The lowest BCUT2D eigenvalue weighted by Gasteiger charge is -2.25. The number of ether oxygens (including phenoxy) is 2. The predicted octanol–water partition coefficient (Wildman–Crippen LogP) is 3.68. The first-order valence-electron chi connectivity index (χ1n) is 9.47. The third-order valence-electron chi connectivity index (χ3n) is 4.35.